The Balaban J connectivity index is 1.91. The predicted molar refractivity (Wildman–Crippen MR) is 83.0 cm³/mol. The van der Waals surface area contributed by atoms with Gasteiger partial charge in [0.2, 0.25) is 5.91 Å². The van der Waals surface area contributed by atoms with Crippen molar-refractivity contribution in [3.8, 4) is 11.5 Å². The average molecular weight is 292 g/mol. The van der Waals surface area contributed by atoms with Gasteiger partial charge in [-0.2, -0.15) is 0 Å². The van der Waals surface area contributed by atoms with E-state index in [1.165, 1.54) is 0 Å². The molecule has 1 aromatic carbocycles. The van der Waals surface area contributed by atoms with Crippen molar-refractivity contribution in [2.24, 2.45) is 5.92 Å². The molecule has 1 heterocycles. The molecule has 2 rings (SSSR count). The van der Waals surface area contributed by atoms with Gasteiger partial charge in [0.1, 0.15) is 11.5 Å². The zero-order valence-electron chi connectivity index (χ0n) is 13.0. The summed E-state index contributed by atoms with van der Waals surface area (Å²) in [6, 6.07) is 5.51. The summed E-state index contributed by atoms with van der Waals surface area (Å²) in [5, 5.41) is 3.15. The highest BCUT2D eigenvalue weighted by Gasteiger charge is 2.20. The third kappa shape index (κ3) is 4.03. The fourth-order valence-corrected chi connectivity index (χ4v) is 2.49. The van der Waals surface area contributed by atoms with Crippen molar-refractivity contribution >= 4 is 11.6 Å². The minimum atomic E-state index is 0.139. The second kappa shape index (κ2) is 7.20. The summed E-state index contributed by atoms with van der Waals surface area (Å²) < 4.78 is 10.5. The highest BCUT2D eigenvalue weighted by molar-refractivity contribution is 5.81. The fraction of sp³-hybridized carbons (Fsp3) is 0.562. The van der Waals surface area contributed by atoms with Gasteiger partial charge in [-0.25, -0.2) is 0 Å². The van der Waals surface area contributed by atoms with E-state index < -0.39 is 0 Å². The number of carbonyl (C=O) groups excluding carboxylic acids is 1. The quantitative estimate of drug-likeness (QED) is 0.905. The third-order valence-electron chi connectivity index (χ3n) is 3.98. The SMILES string of the molecule is COc1ccc(NCC(=O)N2CCC(C)CC2)c(OC)c1. The molecule has 1 N–H and O–H groups in total. The Morgan fingerprint density at radius 2 is 2.00 bits per heavy atom. The zero-order chi connectivity index (χ0) is 15.2. The van der Waals surface area contributed by atoms with Gasteiger partial charge in [0.25, 0.3) is 0 Å². The van der Waals surface area contributed by atoms with Gasteiger partial charge < -0.3 is 19.7 Å². The number of nitrogens with one attached hydrogen (secondary N) is 1. The lowest BCUT2D eigenvalue weighted by Gasteiger charge is -2.30. The maximum absolute atomic E-state index is 12.2. The smallest absolute Gasteiger partial charge is 0.241 e. The number of nitrogens with zero attached hydrogens (tertiary/aromatic N) is 1. The molecule has 5 nitrogen and oxygen atoms in total. The fourth-order valence-electron chi connectivity index (χ4n) is 2.49. The summed E-state index contributed by atoms with van der Waals surface area (Å²) in [6.45, 7) is 4.25. The van der Waals surface area contributed by atoms with E-state index in [1.807, 2.05) is 17.0 Å². The van der Waals surface area contributed by atoms with Crippen LogP contribution in [0.3, 0.4) is 0 Å². The number of rotatable bonds is 5. The van der Waals surface area contributed by atoms with Crippen LogP contribution in [0.1, 0.15) is 19.8 Å². The van der Waals surface area contributed by atoms with E-state index in [-0.39, 0.29) is 12.5 Å². The van der Waals surface area contributed by atoms with Crippen LogP contribution < -0.4 is 14.8 Å². The van der Waals surface area contributed by atoms with Gasteiger partial charge in [-0.3, -0.25) is 4.79 Å². The van der Waals surface area contributed by atoms with E-state index in [4.69, 9.17) is 9.47 Å². The molecule has 0 radical (unpaired) electrons. The summed E-state index contributed by atoms with van der Waals surface area (Å²) in [5.74, 6) is 2.27. The lowest BCUT2D eigenvalue weighted by Crippen LogP contribution is -2.40. The van der Waals surface area contributed by atoms with Gasteiger partial charge in [0.15, 0.2) is 0 Å². The van der Waals surface area contributed by atoms with Crippen molar-refractivity contribution in [2.75, 3.05) is 39.2 Å². The van der Waals surface area contributed by atoms with Crippen LogP contribution in [-0.2, 0) is 4.79 Å². The maximum atomic E-state index is 12.2. The molecule has 1 aromatic rings. The topological polar surface area (TPSA) is 50.8 Å². The van der Waals surface area contributed by atoms with Crippen molar-refractivity contribution in [1.82, 2.24) is 4.90 Å². The van der Waals surface area contributed by atoms with Crippen LogP contribution in [0.2, 0.25) is 0 Å². The minimum Gasteiger partial charge on any atom is -0.497 e. The molecule has 1 amide bonds. The first-order chi connectivity index (χ1) is 10.1. The first kappa shape index (κ1) is 15.5. The molecule has 0 saturated carbocycles. The van der Waals surface area contributed by atoms with Crippen LogP contribution in [0, 0.1) is 5.92 Å². The number of anilines is 1. The molecule has 1 saturated heterocycles. The van der Waals surface area contributed by atoms with Crippen molar-refractivity contribution in [1.29, 1.82) is 0 Å². The number of benzene rings is 1. The number of methoxy groups -OCH3 is 2. The first-order valence-electron chi connectivity index (χ1n) is 7.37. The Labute approximate surface area is 126 Å². The minimum absolute atomic E-state index is 0.139. The zero-order valence-corrected chi connectivity index (χ0v) is 13.0. The summed E-state index contributed by atoms with van der Waals surface area (Å²) >= 11 is 0. The van der Waals surface area contributed by atoms with E-state index in [0.29, 0.717) is 5.75 Å². The molecule has 1 aliphatic rings. The van der Waals surface area contributed by atoms with Crippen molar-refractivity contribution in [2.45, 2.75) is 19.8 Å². The molecule has 0 unspecified atom stereocenters. The van der Waals surface area contributed by atoms with Crippen LogP contribution in [0.15, 0.2) is 18.2 Å². The van der Waals surface area contributed by atoms with Crippen molar-refractivity contribution < 1.29 is 14.3 Å². The summed E-state index contributed by atoms with van der Waals surface area (Å²) in [4.78, 5) is 14.1. The average Bonchev–Trinajstić information content (AvgIpc) is 2.53. The van der Waals surface area contributed by atoms with Gasteiger partial charge in [-0.15, -0.1) is 0 Å². The third-order valence-corrected chi connectivity index (χ3v) is 3.98. The Morgan fingerprint density at radius 1 is 1.29 bits per heavy atom. The molecule has 5 heteroatoms. The largest absolute Gasteiger partial charge is 0.497 e. The molecule has 0 bridgehead atoms. The van der Waals surface area contributed by atoms with Gasteiger partial charge in [0, 0.05) is 19.2 Å². The molecule has 0 atom stereocenters. The normalized spacial score (nSPS) is 15.7. The molecule has 0 aliphatic carbocycles. The number of likely N-dealkylation sites (tertiary alicyclic amines) is 1. The highest BCUT2D eigenvalue weighted by Crippen LogP contribution is 2.28. The van der Waals surface area contributed by atoms with Gasteiger partial charge in [-0.1, -0.05) is 6.92 Å². The van der Waals surface area contributed by atoms with Crippen molar-refractivity contribution in [3.63, 3.8) is 0 Å². The summed E-state index contributed by atoms with van der Waals surface area (Å²) in [6.07, 6.45) is 2.19. The second-order valence-electron chi connectivity index (χ2n) is 5.48. The number of ether oxygens (including phenoxy) is 2. The van der Waals surface area contributed by atoms with E-state index in [9.17, 15) is 4.79 Å². The van der Waals surface area contributed by atoms with E-state index in [2.05, 4.69) is 12.2 Å². The highest BCUT2D eigenvalue weighted by atomic mass is 16.5. The lowest BCUT2D eigenvalue weighted by molar-refractivity contribution is -0.130. The maximum Gasteiger partial charge on any atom is 0.241 e. The number of carbonyl (C=O) groups is 1. The molecular weight excluding hydrogens is 268 g/mol. The van der Waals surface area contributed by atoms with Crippen LogP contribution in [-0.4, -0.2) is 44.7 Å². The number of hydrogen-bond donors (Lipinski definition) is 1. The Morgan fingerprint density at radius 3 is 2.62 bits per heavy atom. The van der Waals surface area contributed by atoms with Gasteiger partial charge in [0.05, 0.1) is 26.5 Å². The first-order valence-corrected chi connectivity index (χ1v) is 7.37. The van der Waals surface area contributed by atoms with Crippen LogP contribution in [0.25, 0.3) is 0 Å². The monoisotopic (exact) mass is 292 g/mol. The predicted octanol–water partition coefficient (Wildman–Crippen LogP) is 2.37. The van der Waals surface area contributed by atoms with E-state index >= 15 is 0 Å². The number of hydrogen-bond acceptors (Lipinski definition) is 4. The molecule has 0 spiro atoms. The molecule has 1 fully saturated rings. The van der Waals surface area contributed by atoms with Crippen LogP contribution in [0.4, 0.5) is 5.69 Å². The standard InChI is InChI=1S/C16H24N2O3/c1-12-6-8-18(9-7-12)16(19)11-17-14-5-4-13(20-2)10-15(14)21-3/h4-5,10,12,17H,6-9,11H2,1-3H3. The van der Waals surface area contributed by atoms with Gasteiger partial charge in [-0.05, 0) is 30.9 Å². The van der Waals surface area contributed by atoms with Crippen molar-refractivity contribution in [3.05, 3.63) is 18.2 Å². The summed E-state index contributed by atoms with van der Waals surface area (Å²) in [7, 11) is 3.22. The molecule has 116 valence electrons. The Kier molecular flexibility index (Phi) is 5.31. The molecule has 21 heavy (non-hydrogen) atoms. The summed E-state index contributed by atoms with van der Waals surface area (Å²) in [5.41, 5.74) is 0.803. The molecule has 0 aromatic heterocycles. The Hall–Kier alpha value is -1.91. The van der Waals surface area contributed by atoms with E-state index in [1.54, 1.807) is 20.3 Å². The molecule has 1 aliphatic heterocycles. The number of amides is 1. The second-order valence-corrected chi connectivity index (χ2v) is 5.48. The lowest BCUT2D eigenvalue weighted by atomic mass is 9.99. The van der Waals surface area contributed by atoms with Crippen LogP contribution in [0.5, 0.6) is 11.5 Å². The van der Waals surface area contributed by atoms with Crippen LogP contribution >= 0.6 is 0 Å². The Bertz CT molecular complexity index is 482. The van der Waals surface area contributed by atoms with E-state index in [0.717, 1.165) is 43.3 Å². The number of piperidine rings is 1. The molecular formula is C16H24N2O3. The van der Waals surface area contributed by atoms with Gasteiger partial charge >= 0.3 is 0 Å².